The molecule has 0 fully saturated rings. The highest BCUT2D eigenvalue weighted by atomic mass is 35.5. The van der Waals surface area contributed by atoms with Crippen molar-refractivity contribution in [3.05, 3.63) is 76.8 Å². The van der Waals surface area contributed by atoms with Crippen LogP contribution in [0.5, 0.6) is 0 Å². The molecule has 5 nitrogen and oxygen atoms in total. The normalized spacial score (nSPS) is 11.8. The minimum atomic E-state index is -1.55. The van der Waals surface area contributed by atoms with Gasteiger partial charge in [-0.15, -0.1) is 0 Å². The maximum absolute atomic E-state index is 11.6. The molecule has 0 saturated carbocycles. The average molecular weight is 332 g/mol. The fourth-order valence-electron chi connectivity index (χ4n) is 1.97. The summed E-state index contributed by atoms with van der Waals surface area (Å²) < 4.78 is 1.91. The van der Waals surface area contributed by atoms with Crippen molar-refractivity contribution in [2.75, 3.05) is 0 Å². The summed E-state index contributed by atoms with van der Waals surface area (Å²) in [5.74, 6) is -3.15. The highest BCUT2D eigenvalue weighted by Crippen LogP contribution is 2.14. The van der Waals surface area contributed by atoms with E-state index in [9.17, 15) is 9.59 Å². The van der Waals surface area contributed by atoms with E-state index < -0.39 is 17.5 Å². The van der Waals surface area contributed by atoms with Crippen molar-refractivity contribution >= 4 is 29.4 Å². The average Bonchev–Trinajstić information content (AvgIpc) is 2.92. The number of hydrogen-bond acceptors (Lipinski definition) is 3. The molecule has 0 aliphatic carbocycles. The molecule has 0 bridgehead atoms. The fourth-order valence-corrected chi connectivity index (χ4v) is 2.18. The second-order valence-electron chi connectivity index (χ2n) is 4.76. The molecule has 0 radical (unpaired) electrons. The van der Waals surface area contributed by atoms with Gasteiger partial charge in [-0.3, -0.25) is 4.79 Å². The number of aromatic nitrogens is 1. The van der Waals surface area contributed by atoms with Crippen molar-refractivity contribution in [1.82, 2.24) is 4.57 Å². The Hall–Kier alpha value is -2.79. The van der Waals surface area contributed by atoms with Crippen LogP contribution in [0.1, 0.15) is 11.3 Å². The van der Waals surface area contributed by atoms with Gasteiger partial charge in [0.05, 0.1) is 0 Å². The Morgan fingerprint density at radius 3 is 2.65 bits per heavy atom. The number of benzene rings is 1. The number of carbonyl (C=O) groups is 2. The van der Waals surface area contributed by atoms with Crippen LogP contribution in [0.25, 0.3) is 6.08 Å². The van der Waals surface area contributed by atoms with Gasteiger partial charge < -0.3 is 14.8 Å². The molecule has 0 spiro atoms. The molecule has 118 valence electrons. The molecule has 1 heterocycles. The van der Waals surface area contributed by atoms with Crippen LogP contribution in [0.3, 0.4) is 0 Å². The van der Waals surface area contributed by atoms with Gasteiger partial charge in [-0.1, -0.05) is 23.7 Å². The van der Waals surface area contributed by atoms with Crippen molar-refractivity contribution in [2.24, 2.45) is 0 Å². The summed E-state index contributed by atoms with van der Waals surface area (Å²) in [4.78, 5) is 22.0. The Morgan fingerprint density at radius 2 is 1.96 bits per heavy atom. The molecule has 0 saturated heterocycles. The first-order chi connectivity index (χ1) is 11.0. The van der Waals surface area contributed by atoms with E-state index in [0.29, 0.717) is 17.6 Å². The van der Waals surface area contributed by atoms with Gasteiger partial charge in [0.15, 0.2) is 5.78 Å². The molecule has 2 N–H and O–H groups in total. The summed E-state index contributed by atoms with van der Waals surface area (Å²) >= 11 is 5.96. The van der Waals surface area contributed by atoms with Crippen LogP contribution >= 0.6 is 11.6 Å². The molecule has 1 aromatic carbocycles. The second kappa shape index (κ2) is 7.47. The van der Waals surface area contributed by atoms with Crippen molar-refractivity contribution in [2.45, 2.75) is 6.54 Å². The lowest BCUT2D eigenvalue weighted by Gasteiger charge is -2.07. The Morgan fingerprint density at radius 1 is 1.17 bits per heavy atom. The van der Waals surface area contributed by atoms with E-state index in [1.54, 1.807) is 12.1 Å². The van der Waals surface area contributed by atoms with E-state index in [0.717, 1.165) is 11.3 Å². The zero-order chi connectivity index (χ0) is 16.8. The minimum absolute atomic E-state index is 0.581. The van der Waals surface area contributed by atoms with Crippen LogP contribution in [0.2, 0.25) is 5.02 Å². The van der Waals surface area contributed by atoms with Crippen LogP contribution in [0.15, 0.2) is 60.5 Å². The molecule has 23 heavy (non-hydrogen) atoms. The number of carboxylic acid groups (broad SMARTS) is 1. The van der Waals surface area contributed by atoms with Crippen LogP contribution in [-0.4, -0.2) is 26.5 Å². The lowest BCUT2D eigenvalue weighted by Crippen LogP contribution is -2.02. The van der Waals surface area contributed by atoms with Crippen molar-refractivity contribution in [3.8, 4) is 0 Å². The molecule has 1 aromatic heterocycles. The zero-order valence-electron chi connectivity index (χ0n) is 12.0. The summed E-state index contributed by atoms with van der Waals surface area (Å²) in [5.41, 5.74) is 1.78. The minimum Gasteiger partial charge on any atom is -0.502 e. The third kappa shape index (κ3) is 4.86. The molecule has 2 aromatic rings. The highest BCUT2D eigenvalue weighted by molar-refractivity contribution is 6.30. The van der Waals surface area contributed by atoms with Crippen LogP contribution < -0.4 is 0 Å². The zero-order valence-corrected chi connectivity index (χ0v) is 12.8. The summed E-state index contributed by atoms with van der Waals surface area (Å²) in [6.45, 7) is 0.581. The molecule has 2 rings (SSSR count). The molecule has 0 unspecified atom stereocenters. The predicted molar refractivity (Wildman–Crippen MR) is 87.4 cm³/mol. The number of aliphatic hydroxyl groups excluding tert-OH is 1. The van der Waals surface area contributed by atoms with Crippen molar-refractivity contribution < 1.29 is 19.8 Å². The van der Waals surface area contributed by atoms with Crippen LogP contribution in [-0.2, 0) is 16.1 Å². The van der Waals surface area contributed by atoms with Gasteiger partial charge in [0.2, 0.25) is 5.76 Å². The number of aliphatic hydroxyl groups is 1. The summed E-state index contributed by atoms with van der Waals surface area (Å²) in [7, 11) is 0. The van der Waals surface area contributed by atoms with Gasteiger partial charge in [0, 0.05) is 29.5 Å². The Kier molecular flexibility index (Phi) is 5.38. The van der Waals surface area contributed by atoms with Crippen LogP contribution in [0, 0.1) is 0 Å². The van der Waals surface area contributed by atoms with E-state index >= 15 is 0 Å². The Bertz CT molecular complexity index is 789. The van der Waals surface area contributed by atoms with E-state index in [1.807, 2.05) is 41.1 Å². The lowest BCUT2D eigenvalue weighted by atomic mass is 10.2. The predicted octanol–water partition coefficient (Wildman–Crippen LogP) is 3.30. The number of nitrogens with zero attached hydrogens (tertiary/aromatic N) is 1. The first kappa shape index (κ1) is 16.6. The van der Waals surface area contributed by atoms with E-state index in [1.165, 1.54) is 6.08 Å². The number of hydrogen-bond donors (Lipinski definition) is 2. The van der Waals surface area contributed by atoms with Crippen molar-refractivity contribution in [3.63, 3.8) is 0 Å². The molecule has 0 atom stereocenters. The third-order valence-electron chi connectivity index (χ3n) is 3.02. The standard InChI is InChI=1S/C17H14ClNO4/c18-13-4-1-3-12(9-13)11-19-8-2-5-14(19)6-7-15(20)10-16(21)17(22)23/h1-10,21H,11H2,(H,22,23)/b7-6+,16-10-. The third-order valence-corrected chi connectivity index (χ3v) is 3.26. The van der Waals surface area contributed by atoms with E-state index in [2.05, 4.69) is 0 Å². The van der Waals surface area contributed by atoms with Gasteiger partial charge in [-0.05, 0) is 42.0 Å². The first-order valence-electron chi connectivity index (χ1n) is 6.71. The molecule has 6 heteroatoms. The van der Waals surface area contributed by atoms with E-state index in [-0.39, 0.29) is 0 Å². The monoisotopic (exact) mass is 331 g/mol. The number of aliphatic carboxylic acids is 1. The van der Waals surface area contributed by atoms with E-state index in [4.69, 9.17) is 21.8 Å². The molecule has 0 aliphatic heterocycles. The van der Waals surface area contributed by atoms with Crippen LogP contribution in [0.4, 0.5) is 0 Å². The van der Waals surface area contributed by atoms with Crippen molar-refractivity contribution in [1.29, 1.82) is 0 Å². The maximum atomic E-state index is 11.6. The summed E-state index contributed by atoms with van der Waals surface area (Å²) in [5, 5.41) is 18.2. The number of rotatable bonds is 6. The number of carbonyl (C=O) groups excluding carboxylic acids is 1. The lowest BCUT2D eigenvalue weighted by molar-refractivity contribution is -0.135. The van der Waals surface area contributed by atoms with Gasteiger partial charge in [-0.2, -0.15) is 0 Å². The van der Waals surface area contributed by atoms with Gasteiger partial charge >= 0.3 is 5.97 Å². The Labute approximate surface area is 137 Å². The molecule has 0 amide bonds. The number of allylic oxidation sites excluding steroid dienone is 2. The quantitative estimate of drug-likeness (QED) is 0.628. The first-order valence-corrected chi connectivity index (χ1v) is 7.09. The number of halogens is 1. The summed E-state index contributed by atoms with van der Waals surface area (Å²) in [6.07, 6.45) is 5.26. The molecular weight excluding hydrogens is 318 g/mol. The second-order valence-corrected chi connectivity index (χ2v) is 5.20. The number of ketones is 1. The van der Waals surface area contributed by atoms with Gasteiger partial charge in [-0.25, -0.2) is 4.79 Å². The SMILES string of the molecule is O=C(/C=C(\O)C(=O)O)/C=C/c1cccn1Cc1cccc(Cl)c1. The Balaban J connectivity index is 2.12. The topological polar surface area (TPSA) is 79.5 Å². The summed E-state index contributed by atoms with van der Waals surface area (Å²) in [6, 6.07) is 11.1. The highest BCUT2D eigenvalue weighted by Gasteiger charge is 2.05. The molecular formula is C17H14ClNO4. The van der Waals surface area contributed by atoms with Gasteiger partial charge in [0.25, 0.3) is 0 Å². The van der Waals surface area contributed by atoms with Gasteiger partial charge in [0.1, 0.15) is 0 Å². The molecule has 0 aliphatic rings. The fraction of sp³-hybridized carbons (Fsp3) is 0.0588. The largest absolute Gasteiger partial charge is 0.502 e. The number of carboxylic acids is 1. The maximum Gasteiger partial charge on any atom is 0.371 e. The smallest absolute Gasteiger partial charge is 0.371 e.